The minimum atomic E-state index is 0.383. The van der Waals surface area contributed by atoms with Crippen LogP contribution >= 0.6 is 0 Å². The van der Waals surface area contributed by atoms with Gasteiger partial charge in [0.25, 0.3) is 6.01 Å². The van der Waals surface area contributed by atoms with E-state index in [0.717, 1.165) is 37.2 Å². The Labute approximate surface area is 98.9 Å². The van der Waals surface area contributed by atoms with Gasteiger partial charge in [-0.2, -0.15) is 4.98 Å². The predicted molar refractivity (Wildman–Crippen MR) is 65.9 cm³/mol. The highest BCUT2D eigenvalue weighted by atomic mass is 16.5. The van der Waals surface area contributed by atoms with Crippen LogP contribution in [0.25, 0.3) is 11.1 Å². The highest BCUT2D eigenvalue weighted by Gasteiger charge is 2.16. The molecule has 2 aromatic rings. The van der Waals surface area contributed by atoms with Crippen LogP contribution in [0.4, 0.5) is 11.7 Å². The van der Waals surface area contributed by atoms with Gasteiger partial charge in [-0.05, 0) is 25.0 Å². The number of nitrogens with one attached hydrogen (secondary N) is 1. The third-order valence-electron chi connectivity index (χ3n) is 2.96. The van der Waals surface area contributed by atoms with Gasteiger partial charge in [-0.15, -0.1) is 0 Å². The van der Waals surface area contributed by atoms with Crippen LogP contribution in [-0.4, -0.2) is 24.2 Å². The van der Waals surface area contributed by atoms with Gasteiger partial charge in [-0.25, -0.2) is 0 Å². The first-order valence-electron chi connectivity index (χ1n) is 5.81. The largest absolute Gasteiger partial charge is 0.423 e. The fraction of sp³-hybridized carbons (Fsp3) is 0.417. The summed E-state index contributed by atoms with van der Waals surface area (Å²) in [5, 5.41) is 3.29. The zero-order chi connectivity index (χ0) is 11.7. The molecule has 1 aromatic carbocycles. The van der Waals surface area contributed by atoms with Crippen LogP contribution in [0.1, 0.15) is 12.8 Å². The molecular formula is C12H15N3O2. The van der Waals surface area contributed by atoms with Gasteiger partial charge in [-0.3, -0.25) is 0 Å². The number of anilines is 2. The Morgan fingerprint density at radius 1 is 1.29 bits per heavy atom. The van der Waals surface area contributed by atoms with Crippen molar-refractivity contribution in [3.8, 4) is 0 Å². The van der Waals surface area contributed by atoms with Crippen molar-refractivity contribution in [3.63, 3.8) is 0 Å². The minimum absolute atomic E-state index is 0.383. The molecule has 3 rings (SSSR count). The summed E-state index contributed by atoms with van der Waals surface area (Å²) in [4.78, 5) is 4.37. The van der Waals surface area contributed by atoms with Crippen molar-refractivity contribution < 1.29 is 9.15 Å². The number of rotatable bonds is 2. The first-order chi connectivity index (χ1) is 8.31. The Bertz CT molecular complexity index is 517. The van der Waals surface area contributed by atoms with E-state index < -0.39 is 0 Å². The molecule has 5 nitrogen and oxygen atoms in total. The fourth-order valence-electron chi connectivity index (χ4n) is 2.02. The third-order valence-corrected chi connectivity index (χ3v) is 2.96. The molecular weight excluding hydrogens is 218 g/mol. The van der Waals surface area contributed by atoms with E-state index in [1.165, 1.54) is 0 Å². The summed E-state index contributed by atoms with van der Waals surface area (Å²) in [6.07, 6.45) is 1.97. The van der Waals surface area contributed by atoms with Crippen LogP contribution < -0.4 is 11.1 Å². The topological polar surface area (TPSA) is 73.3 Å². The van der Waals surface area contributed by atoms with Gasteiger partial charge in [0.05, 0.1) is 0 Å². The van der Waals surface area contributed by atoms with Crippen LogP contribution in [0.15, 0.2) is 22.6 Å². The normalized spacial score (nSPS) is 17.4. The molecule has 0 radical (unpaired) electrons. The number of hydrogen-bond acceptors (Lipinski definition) is 5. The van der Waals surface area contributed by atoms with Crippen LogP contribution in [0.5, 0.6) is 0 Å². The molecule has 0 saturated carbocycles. The summed E-state index contributed by atoms with van der Waals surface area (Å²) in [7, 11) is 0. The van der Waals surface area contributed by atoms with Crippen LogP contribution in [0.2, 0.25) is 0 Å². The molecule has 90 valence electrons. The lowest BCUT2D eigenvalue weighted by Gasteiger charge is -2.21. The third kappa shape index (κ3) is 2.19. The maximum absolute atomic E-state index is 5.69. The van der Waals surface area contributed by atoms with Gasteiger partial charge >= 0.3 is 0 Å². The van der Waals surface area contributed by atoms with E-state index in [-0.39, 0.29) is 0 Å². The molecule has 0 atom stereocenters. The van der Waals surface area contributed by atoms with E-state index in [4.69, 9.17) is 14.9 Å². The smallest absolute Gasteiger partial charge is 0.295 e. The molecule has 1 saturated heterocycles. The zero-order valence-electron chi connectivity index (χ0n) is 9.48. The minimum Gasteiger partial charge on any atom is -0.423 e. The van der Waals surface area contributed by atoms with E-state index in [2.05, 4.69) is 10.3 Å². The molecule has 2 heterocycles. The standard InChI is InChI=1S/C12H15N3O2/c13-8-1-2-10-11(7-8)17-12(15-10)14-9-3-5-16-6-4-9/h1-2,7,9H,3-6,13H2,(H,14,15). The Morgan fingerprint density at radius 2 is 2.12 bits per heavy atom. The average Bonchev–Trinajstić information content (AvgIpc) is 2.71. The Hall–Kier alpha value is -1.75. The van der Waals surface area contributed by atoms with Crippen molar-refractivity contribution in [3.05, 3.63) is 18.2 Å². The lowest BCUT2D eigenvalue weighted by atomic mass is 10.1. The van der Waals surface area contributed by atoms with Crippen molar-refractivity contribution in [1.82, 2.24) is 4.98 Å². The predicted octanol–water partition coefficient (Wildman–Crippen LogP) is 2.00. The average molecular weight is 233 g/mol. The number of nitrogens with zero attached hydrogens (tertiary/aromatic N) is 1. The monoisotopic (exact) mass is 233 g/mol. The van der Waals surface area contributed by atoms with Crippen molar-refractivity contribution in [2.45, 2.75) is 18.9 Å². The molecule has 0 aliphatic carbocycles. The number of hydrogen-bond donors (Lipinski definition) is 2. The Balaban J connectivity index is 1.80. The summed E-state index contributed by atoms with van der Waals surface area (Å²) < 4.78 is 10.9. The maximum atomic E-state index is 5.69. The van der Waals surface area contributed by atoms with Crippen molar-refractivity contribution >= 4 is 22.8 Å². The van der Waals surface area contributed by atoms with Gasteiger partial charge in [-0.1, -0.05) is 0 Å². The summed E-state index contributed by atoms with van der Waals surface area (Å²) in [5.74, 6) is 0. The summed E-state index contributed by atoms with van der Waals surface area (Å²) >= 11 is 0. The van der Waals surface area contributed by atoms with E-state index >= 15 is 0 Å². The SMILES string of the molecule is Nc1ccc2nc(NC3CCOCC3)oc2c1. The molecule has 0 unspecified atom stereocenters. The van der Waals surface area contributed by atoms with Gasteiger partial charge in [0.2, 0.25) is 0 Å². The summed E-state index contributed by atoms with van der Waals surface area (Å²) in [5.41, 5.74) is 7.93. The van der Waals surface area contributed by atoms with E-state index in [9.17, 15) is 0 Å². The van der Waals surface area contributed by atoms with Crippen LogP contribution in [0, 0.1) is 0 Å². The van der Waals surface area contributed by atoms with Crippen LogP contribution in [0.3, 0.4) is 0 Å². The second-order valence-corrected chi connectivity index (χ2v) is 4.28. The summed E-state index contributed by atoms with van der Waals surface area (Å²) in [6, 6.07) is 6.43. The van der Waals surface area contributed by atoms with Gasteiger partial charge in [0, 0.05) is 31.0 Å². The molecule has 1 aliphatic heterocycles. The number of oxazole rings is 1. The molecule has 1 aromatic heterocycles. The highest BCUT2D eigenvalue weighted by molar-refractivity contribution is 5.78. The lowest BCUT2D eigenvalue weighted by Crippen LogP contribution is -2.27. The van der Waals surface area contributed by atoms with Crippen molar-refractivity contribution in [1.29, 1.82) is 0 Å². The van der Waals surface area contributed by atoms with Gasteiger partial charge in [0.1, 0.15) is 5.52 Å². The first-order valence-corrected chi connectivity index (χ1v) is 5.81. The highest BCUT2D eigenvalue weighted by Crippen LogP contribution is 2.22. The molecule has 17 heavy (non-hydrogen) atoms. The van der Waals surface area contributed by atoms with E-state index in [1.807, 2.05) is 12.1 Å². The second kappa shape index (κ2) is 4.25. The second-order valence-electron chi connectivity index (χ2n) is 4.28. The Kier molecular flexibility index (Phi) is 2.60. The number of aromatic nitrogens is 1. The number of nitrogen functional groups attached to an aromatic ring is 1. The van der Waals surface area contributed by atoms with Gasteiger partial charge < -0.3 is 20.2 Å². The van der Waals surface area contributed by atoms with Crippen LogP contribution in [-0.2, 0) is 4.74 Å². The van der Waals surface area contributed by atoms with E-state index in [0.29, 0.717) is 17.7 Å². The zero-order valence-corrected chi connectivity index (χ0v) is 9.48. The molecule has 5 heteroatoms. The maximum Gasteiger partial charge on any atom is 0.295 e. The molecule has 0 spiro atoms. The van der Waals surface area contributed by atoms with Crippen molar-refractivity contribution in [2.24, 2.45) is 0 Å². The quantitative estimate of drug-likeness (QED) is 0.776. The molecule has 3 N–H and O–H groups in total. The van der Waals surface area contributed by atoms with E-state index in [1.54, 1.807) is 6.07 Å². The number of fused-ring (bicyclic) bond motifs is 1. The summed E-state index contributed by atoms with van der Waals surface area (Å²) in [6.45, 7) is 1.59. The first kappa shape index (κ1) is 10.4. The molecule has 1 fully saturated rings. The molecule has 0 amide bonds. The number of benzene rings is 1. The molecule has 0 bridgehead atoms. The van der Waals surface area contributed by atoms with Gasteiger partial charge in [0.15, 0.2) is 5.58 Å². The number of nitrogens with two attached hydrogens (primary N) is 1. The fourth-order valence-corrected chi connectivity index (χ4v) is 2.02. The molecule has 1 aliphatic rings. The van der Waals surface area contributed by atoms with Crippen molar-refractivity contribution in [2.75, 3.05) is 24.3 Å². The number of ether oxygens (including phenoxy) is 1. The Morgan fingerprint density at radius 3 is 2.94 bits per heavy atom. The lowest BCUT2D eigenvalue weighted by molar-refractivity contribution is 0.0900.